The van der Waals surface area contributed by atoms with Crippen molar-refractivity contribution in [2.24, 2.45) is 0 Å². The van der Waals surface area contributed by atoms with E-state index in [1.54, 1.807) is 6.20 Å². The average molecular weight is 262 g/mol. The van der Waals surface area contributed by atoms with Gasteiger partial charge in [0.05, 0.1) is 11.8 Å². The highest BCUT2D eigenvalue weighted by molar-refractivity contribution is 5.86. The first-order valence-corrected chi connectivity index (χ1v) is 5.67. The van der Waals surface area contributed by atoms with Crippen molar-refractivity contribution in [2.45, 2.75) is 26.3 Å². The molecule has 2 aromatic rings. The zero-order chi connectivity index (χ0) is 14.2. The minimum atomic E-state index is -1.10. The van der Waals surface area contributed by atoms with E-state index in [1.807, 2.05) is 20.8 Å². The molecule has 0 spiro atoms. The lowest BCUT2D eigenvalue weighted by molar-refractivity contribution is 0.0697. The molecule has 0 aliphatic rings. The molecule has 0 atom stereocenters. The van der Waals surface area contributed by atoms with Gasteiger partial charge >= 0.3 is 5.97 Å². The van der Waals surface area contributed by atoms with Gasteiger partial charge < -0.3 is 9.67 Å². The van der Waals surface area contributed by atoms with Gasteiger partial charge in [0.25, 0.3) is 5.56 Å². The molecule has 0 saturated heterocycles. The summed E-state index contributed by atoms with van der Waals surface area (Å²) in [6, 6.07) is 0. The molecule has 1 N–H and O–H groups in total. The van der Waals surface area contributed by atoms with Gasteiger partial charge in [-0.3, -0.25) is 4.79 Å². The van der Waals surface area contributed by atoms with Gasteiger partial charge in [-0.15, -0.1) is 0 Å². The van der Waals surface area contributed by atoms with Gasteiger partial charge in [0.2, 0.25) is 5.82 Å². The van der Waals surface area contributed by atoms with E-state index in [-0.39, 0.29) is 16.9 Å². The van der Waals surface area contributed by atoms with E-state index >= 15 is 0 Å². The average Bonchev–Trinajstić information content (AvgIpc) is 2.77. The van der Waals surface area contributed by atoms with Crippen molar-refractivity contribution >= 4 is 5.97 Å². The summed E-state index contributed by atoms with van der Waals surface area (Å²) in [5.41, 5.74) is -0.709. The highest BCUT2D eigenvalue weighted by Gasteiger charge is 2.18. The third kappa shape index (κ3) is 2.40. The Balaban J connectivity index is 2.57. The lowest BCUT2D eigenvalue weighted by Crippen LogP contribution is -2.35. The van der Waals surface area contributed by atoms with E-state index in [9.17, 15) is 9.59 Å². The van der Waals surface area contributed by atoms with Crippen LogP contribution in [0.15, 0.2) is 29.6 Å². The molecule has 0 aliphatic heterocycles. The van der Waals surface area contributed by atoms with Crippen LogP contribution >= 0.6 is 0 Å². The van der Waals surface area contributed by atoms with Crippen LogP contribution in [0.2, 0.25) is 0 Å². The molecular formula is C12H14N4O3. The quantitative estimate of drug-likeness (QED) is 0.867. The van der Waals surface area contributed by atoms with Gasteiger partial charge in [0, 0.05) is 24.1 Å². The second-order valence-corrected chi connectivity index (χ2v) is 5.08. The molecule has 2 aromatic heterocycles. The van der Waals surface area contributed by atoms with E-state index in [0.717, 1.165) is 0 Å². The minimum absolute atomic E-state index is 0.00682. The molecule has 0 aliphatic carbocycles. The molecule has 19 heavy (non-hydrogen) atoms. The van der Waals surface area contributed by atoms with Crippen molar-refractivity contribution < 1.29 is 9.90 Å². The summed E-state index contributed by atoms with van der Waals surface area (Å²) in [6.45, 7) is 5.68. The summed E-state index contributed by atoms with van der Waals surface area (Å²) < 4.78 is 2.70. The van der Waals surface area contributed by atoms with Crippen LogP contribution in [-0.2, 0) is 5.54 Å². The third-order valence-corrected chi connectivity index (χ3v) is 2.59. The molecule has 2 rings (SSSR count). The van der Waals surface area contributed by atoms with E-state index in [1.165, 1.54) is 27.8 Å². The topological polar surface area (TPSA) is 90.0 Å². The summed E-state index contributed by atoms with van der Waals surface area (Å²) in [7, 11) is 0. The zero-order valence-corrected chi connectivity index (χ0v) is 10.9. The number of carbonyl (C=O) groups is 1. The molecule has 100 valence electrons. The molecule has 2 heterocycles. The van der Waals surface area contributed by atoms with Crippen molar-refractivity contribution in [3.05, 3.63) is 40.7 Å². The normalized spacial score (nSPS) is 11.5. The second kappa shape index (κ2) is 4.34. The highest BCUT2D eigenvalue weighted by atomic mass is 16.4. The molecule has 0 fully saturated rings. The highest BCUT2D eigenvalue weighted by Crippen LogP contribution is 2.10. The zero-order valence-electron chi connectivity index (χ0n) is 10.9. The van der Waals surface area contributed by atoms with E-state index in [0.29, 0.717) is 0 Å². The van der Waals surface area contributed by atoms with Gasteiger partial charge in [-0.2, -0.15) is 5.10 Å². The molecule has 0 unspecified atom stereocenters. The number of aromatic carboxylic acids is 1. The second-order valence-electron chi connectivity index (χ2n) is 5.08. The van der Waals surface area contributed by atoms with Gasteiger partial charge in [-0.25, -0.2) is 14.5 Å². The fraction of sp³-hybridized carbons (Fsp3) is 0.333. The molecule has 0 saturated carbocycles. The Morgan fingerprint density at radius 3 is 2.58 bits per heavy atom. The van der Waals surface area contributed by atoms with Crippen molar-refractivity contribution in [2.75, 3.05) is 0 Å². The predicted octanol–water partition coefficient (Wildman–Crippen LogP) is 0.882. The van der Waals surface area contributed by atoms with Crippen LogP contribution in [0, 0.1) is 0 Å². The Hall–Kier alpha value is -2.44. The van der Waals surface area contributed by atoms with Crippen LogP contribution in [0.1, 0.15) is 31.1 Å². The lowest BCUT2D eigenvalue weighted by Gasteiger charge is -2.22. The van der Waals surface area contributed by atoms with Crippen molar-refractivity contribution in [3.63, 3.8) is 0 Å². The van der Waals surface area contributed by atoms with Crippen LogP contribution in [0.3, 0.4) is 0 Å². The molecule has 0 bridgehead atoms. The largest absolute Gasteiger partial charge is 0.478 e. The molecule has 0 aromatic carbocycles. The first-order chi connectivity index (χ1) is 8.80. The maximum Gasteiger partial charge on any atom is 0.338 e. The third-order valence-electron chi connectivity index (χ3n) is 2.59. The summed E-state index contributed by atoms with van der Waals surface area (Å²) in [5.74, 6) is -1.02. The first kappa shape index (κ1) is 13.0. The van der Waals surface area contributed by atoms with E-state index in [4.69, 9.17) is 5.11 Å². The van der Waals surface area contributed by atoms with E-state index in [2.05, 4.69) is 10.1 Å². The van der Waals surface area contributed by atoms with Crippen molar-refractivity contribution in [3.8, 4) is 5.82 Å². The fourth-order valence-corrected chi connectivity index (χ4v) is 1.64. The van der Waals surface area contributed by atoms with Crippen LogP contribution in [0.4, 0.5) is 0 Å². The maximum absolute atomic E-state index is 12.3. The Morgan fingerprint density at radius 1 is 1.37 bits per heavy atom. The van der Waals surface area contributed by atoms with E-state index < -0.39 is 11.5 Å². The standard InChI is InChI=1S/C12H14N4O3/c1-12(2,3)15-5-4-13-9(10(15)17)16-7-8(6-14-16)11(18)19/h4-7H,1-3H3,(H,18,19). The van der Waals surface area contributed by atoms with Crippen LogP contribution in [0.5, 0.6) is 0 Å². The number of carboxylic acids is 1. The Morgan fingerprint density at radius 2 is 2.05 bits per heavy atom. The Kier molecular flexibility index (Phi) is 2.97. The molecule has 0 amide bonds. The Bertz CT molecular complexity index is 679. The number of hydrogen-bond acceptors (Lipinski definition) is 4. The van der Waals surface area contributed by atoms with Crippen LogP contribution < -0.4 is 5.56 Å². The van der Waals surface area contributed by atoms with Crippen LogP contribution in [0.25, 0.3) is 5.82 Å². The summed E-state index contributed by atoms with van der Waals surface area (Å²) >= 11 is 0. The molecular weight excluding hydrogens is 248 g/mol. The smallest absolute Gasteiger partial charge is 0.338 e. The molecule has 7 nitrogen and oxygen atoms in total. The SMILES string of the molecule is CC(C)(C)n1ccnc(-n2cc(C(=O)O)cn2)c1=O. The minimum Gasteiger partial charge on any atom is -0.478 e. The fourth-order valence-electron chi connectivity index (χ4n) is 1.64. The first-order valence-electron chi connectivity index (χ1n) is 5.67. The summed E-state index contributed by atoms with van der Waals surface area (Å²) in [6.07, 6.45) is 5.52. The lowest BCUT2D eigenvalue weighted by atomic mass is 10.1. The number of nitrogens with zero attached hydrogens (tertiary/aromatic N) is 4. The van der Waals surface area contributed by atoms with Gasteiger partial charge in [-0.1, -0.05) is 0 Å². The van der Waals surface area contributed by atoms with Crippen LogP contribution in [-0.4, -0.2) is 30.4 Å². The number of rotatable bonds is 2. The molecule has 7 heteroatoms. The monoisotopic (exact) mass is 262 g/mol. The molecule has 0 radical (unpaired) electrons. The Labute approximate surface area is 109 Å². The summed E-state index contributed by atoms with van der Waals surface area (Å²) in [4.78, 5) is 27.1. The number of hydrogen-bond donors (Lipinski definition) is 1. The van der Waals surface area contributed by atoms with Gasteiger partial charge in [0.15, 0.2) is 0 Å². The van der Waals surface area contributed by atoms with Crippen molar-refractivity contribution in [1.29, 1.82) is 0 Å². The van der Waals surface area contributed by atoms with Crippen molar-refractivity contribution in [1.82, 2.24) is 19.3 Å². The number of aromatic nitrogens is 4. The van der Waals surface area contributed by atoms with Gasteiger partial charge in [0.1, 0.15) is 0 Å². The van der Waals surface area contributed by atoms with Gasteiger partial charge in [-0.05, 0) is 20.8 Å². The predicted molar refractivity (Wildman–Crippen MR) is 67.6 cm³/mol. The number of carboxylic acid groups (broad SMARTS) is 1. The maximum atomic E-state index is 12.3. The summed E-state index contributed by atoms with van der Waals surface area (Å²) in [5, 5.41) is 12.7.